The van der Waals surface area contributed by atoms with E-state index in [4.69, 9.17) is 14.7 Å². The number of hydrogen-bond acceptors (Lipinski definition) is 5. The van der Waals surface area contributed by atoms with Crippen molar-refractivity contribution in [3.8, 4) is 17.6 Å². The highest BCUT2D eigenvalue weighted by atomic mass is 16.5. The number of benzene rings is 1. The van der Waals surface area contributed by atoms with E-state index in [9.17, 15) is 9.59 Å². The predicted molar refractivity (Wildman–Crippen MR) is 80.3 cm³/mol. The minimum absolute atomic E-state index is 0.109. The minimum atomic E-state index is -1.01. The Balaban J connectivity index is 2.70. The van der Waals surface area contributed by atoms with E-state index in [1.807, 2.05) is 19.9 Å². The number of amides is 1. The molecule has 0 N–H and O–H groups in total. The lowest BCUT2D eigenvalue weighted by Gasteiger charge is -2.41. The summed E-state index contributed by atoms with van der Waals surface area (Å²) in [5.41, 5.74) is -0.263. The van der Waals surface area contributed by atoms with Crippen molar-refractivity contribution in [3.63, 3.8) is 0 Å². The topological polar surface area (TPSA) is 79.6 Å². The molecule has 0 saturated carbocycles. The molecule has 2 rings (SSSR count). The number of carbonyl (C=O) groups is 2. The summed E-state index contributed by atoms with van der Waals surface area (Å²) in [6.07, 6.45) is 1.61. The highest BCUT2D eigenvalue weighted by Gasteiger charge is 2.47. The number of fused-ring (bicyclic) bond motifs is 1. The van der Waals surface area contributed by atoms with Crippen LogP contribution in [0.3, 0.4) is 0 Å². The van der Waals surface area contributed by atoms with Gasteiger partial charge >= 0.3 is 0 Å². The standard InChI is InChI=1S/C16H18N2O4/c1-4-16(5-2)15(20)18(7-6-17)12-8-11(10-19)9-13(21-3)14(12)22-16/h8-10H,4-5,7H2,1-3H3. The molecule has 22 heavy (non-hydrogen) atoms. The van der Waals surface area contributed by atoms with Crippen molar-refractivity contribution < 1.29 is 19.1 Å². The first-order valence-electron chi connectivity index (χ1n) is 7.12. The number of ether oxygens (including phenoxy) is 2. The van der Waals surface area contributed by atoms with Crippen LogP contribution < -0.4 is 14.4 Å². The Morgan fingerprint density at radius 2 is 2.09 bits per heavy atom. The van der Waals surface area contributed by atoms with Crippen LogP contribution in [0.4, 0.5) is 5.69 Å². The quantitative estimate of drug-likeness (QED) is 0.616. The summed E-state index contributed by atoms with van der Waals surface area (Å²) in [4.78, 5) is 25.2. The summed E-state index contributed by atoms with van der Waals surface area (Å²) in [5.74, 6) is 0.504. The average Bonchev–Trinajstić information content (AvgIpc) is 2.56. The maximum absolute atomic E-state index is 12.8. The van der Waals surface area contributed by atoms with Gasteiger partial charge in [-0.1, -0.05) is 13.8 Å². The van der Waals surface area contributed by atoms with Gasteiger partial charge < -0.3 is 9.47 Å². The molecule has 0 radical (unpaired) electrons. The van der Waals surface area contributed by atoms with Gasteiger partial charge in [0.1, 0.15) is 12.8 Å². The number of aldehydes is 1. The molecule has 0 atom stereocenters. The van der Waals surface area contributed by atoms with E-state index in [1.165, 1.54) is 18.1 Å². The van der Waals surface area contributed by atoms with Gasteiger partial charge in [0.15, 0.2) is 17.1 Å². The van der Waals surface area contributed by atoms with E-state index < -0.39 is 5.60 Å². The van der Waals surface area contributed by atoms with Gasteiger partial charge in [-0.2, -0.15) is 5.26 Å². The van der Waals surface area contributed by atoms with Crippen molar-refractivity contribution in [2.24, 2.45) is 0 Å². The Labute approximate surface area is 129 Å². The Hall–Kier alpha value is -2.55. The molecule has 1 aromatic rings. The zero-order valence-corrected chi connectivity index (χ0v) is 12.9. The zero-order valence-electron chi connectivity index (χ0n) is 12.9. The van der Waals surface area contributed by atoms with Crippen molar-refractivity contribution in [1.82, 2.24) is 0 Å². The van der Waals surface area contributed by atoms with Crippen molar-refractivity contribution in [3.05, 3.63) is 17.7 Å². The maximum Gasteiger partial charge on any atom is 0.272 e. The lowest BCUT2D eigenvalue weighted by atomic mass is 9.92. The molecule has 1 aromatic carbocycles. The fourth-order valence-corrected chi connectivity index (χ4v) is 2.65. The fourth-order valence-electron chi connectivity index (χ4n) is 2.65. The summed E-state index contributed by atoms with van der Waals surface area (Å²) in [5, 5.41) is 9.04. The third kappa shape index (κ3) is 2.29. The average molecular weight is 302 g/mol. The highest BCUT2D eigenvalue weighted by Crippen LogP contribution is 2.46. The molecule has 0 fully saturated rings. The molecule has 116 valence electrons. The second-order valence-corrected chi connectivity index (χ2v) is 5.04. The van der Waals surface area contributed by atoms with Crippen molar-refractivity contribution in [2.75, 3.05) is 18.6 Å². The molecular formula is C16H18N2O4. The first-order valence-corrected chi connectivity index (χ1v) is 7.12. The number of nitriles is 1. The van der Waals surface area contributed by atoms with Crippen LogP contribution in [0.25, 0.3) is 0 Å². The largest absolute Gasteiger partial charge is 0.493 e. The predicted octanol–water partition coefficient (Wildman–Crippen LogP) is 2.32. The summed E-state index contributed by atoms with van der Waals surface area (Å²) in [6.45, 7) is 3.62. The minimum Gasteiger partial charge on any atom is -0.493 e. The van der Waals surface area contributed by atoms with Gasteiger partial charge in [-0.05, 0) is 25.0 Å². The molecule has 0 aromatic heterocycles. The van der Waals surface area contributed by atoms with Crippen molar-refractivity contribution >= 4 is 17.9 Å². The number of nitrogens with zero attached hydrogens (tertiary/aromatic N) is 2. The van der Waals surface area contributed by atoms with Crippen LogP contribution in [0.2, 0.25) is 0 Å². The van der Waals surface area contributed by atoms with E-state index in [2.05, 4.69) is 0 Å². The summed E-state index contributed by atoms with van der Waals surface area (Å²) >= 11 is 0. The number of methoxy groups -OCH3 is 1. The van der Waals surface area contributed by atoms with Gasteiger partial charge in [0, 0.05) is 5.56 Å². The van der Waals surface area contributed by atoms with E-state index >= 15 is 0 Å². The Morgan fingerprint density at radius 3 is 2.59 bits per heavy atom. The van der Waals surface area contributed by atoms with E-state index in [0.717, 1.165) is 0 Å². The van der Waals surface area contributed by atoms with Gasteiger partial charge in [-0.25, -0.2) is 0 Å². The molecule has 0 unspecified atom stereocenters. The summed E-state index contributed by atoms with van der Waals surface area (Å²) in [6, 6.07) is 5.08. The zero-order chi connectivity index (χ0) is 16.3. The van der Waals surface area contributed by atoms with Gasteiger partial charge in [-0.15, -0.1) is 0 Å². The van der Waals surface area contributed by atoms with Crippen LogP contribution in [-0.2, 0) is 4.79 Å². The van der Waals surface area contributed by atoms with Crippen LogP contribution in [0.5, 0.6) is 11.5 Å². The lowest BCUT2D eigenvalue weighted by molar-refractivity contribution is -0.136. The van der Waals surface area contributed by atoms with E-state index in [1.54, 1.807) is 6.07 Å². The van der Waals surface area contributed by atoms with Gasteiger partial charge in [0.25, 0.3) is 5.91 Å². The second-order valence-electron chi connectivity index (χ2n) is 5.04. The third-order valence-electron chi connectivity index (χ3n) is 4.01. The van der Waals surface area contributed by atoms with Crippen molar-refractivity contribution in [1.29, 1.82) is 5.26 Å². The second kappa shape index (κ2) is 6.06. The molecule has 0 bridgehead atoms. The van der Waals surface area contributed by atoms with Crippen LogP contribution in [0.15, 0.2) is 12.1 Å². The Kier molecular flexibility index (Phi) is 4.36. The SMILES string of the molecule is CCC1(CC)Oc2c(OC)cc(C=O)cc2N(CC#N)C1=O. The van der Waals surface area contributed by atoms with Gasteiger partial charge in [0.2, 0.25) is 0 Å². The fraction of sp³-hybridized carbons (Fsp3) is 0.438. The van der Waals surface area contributed by atoms with E-state index in [-0.39, 0.29) is 12.5 Å². The molecular weight excluding hydrogens is 284 g/mol. The Bertz CT molecular complexity index is 644. The van der Waals surface area contributed by atoms with Crippen LogP contribution in [-0.4, -0.2) is 31.4 Å². The third-order valence-corrected chi connectivity index (χ3v) is 4.01. The number of hydrogen-bond donors (Lipinski definition) is 0. The van der Waals surface area contributed by atoms with Gasteiger partial charge in [0.05, 0.1) is 18.9 Å². The molecule has 1 aliphatic heterocycles. The molecule has 6 nitrogen and oxygen atoms in total. The Morgan fingerprint density at radius 1 is 1.41 bits per heavy atom. The number of carbonyl (C=O) groups excluding carboxylic acids is 2. The normalized spacial score (nSPS) is 15.5. The molecule has 0 spiro atoms. The van der Waals surface area contributed by atoms with Crippen molar-refractivity contribution in [2.45, 2.75) is 32.3 Å². The van der Waals surface area contributed by atoms with E-state index in [0.29, 0.717) is 41.9 Å². The van der Waals surface area contributed by atoms with Crippen LogP contribution in [0.1, 0.15) is 37.0 Å². The molecule has 6 heteroatoms. The van der Waals surface area contributed by atoms with Gasteiger partial charge in [-0.3, -0.25) is 14.5 Å². The van der Waals surface area contributed by atoms with Crippen LogP contribution >= 0.6 is 0 Å². The summed E-state index contributed by atoms with van der Waals surface area (Å²) in [7, 11) is 1.47. The number of rotatable bonds is 5. The molecule has 0 aliphatic carbocycles. The first kappa shape index (κ1) is 15.8. The monoisotopic (exact) mass is 302 g/mol. The number of anilines is 1. The molecule has 1 amide bonds. The maximum atomic E-state index is 12.8. The molecule has 0 saturated heterocycles. The summed E-state index contributed by atoms with van der Waals surface area (Å²) < 4.78 is 11.3. The van der Waals surface area contributed by atoms with Crippen LogP contribution in [0, 0.1) is 11.3 Å². The first-order chi connectivity index (χ1) is 10.6. The highest BCUT2D eigenvalue weighted by molar-refractivity contribution is 6.04. The molecule has 1 aliphatic rings. The smallest absolute Gasteiger partial charge is 0.272 e. The molecule has 1 heterocycles. The lowest BCUT2D eigenvalue weighted by Crippen LogP contribution is -2.55.